The number of carbonyl (C=O) groups excluding carboxylic acids is 1. The molecule has 0 fully saturated rings. The second-order valence-corrected chi connectivity index (χ2v) is 3.95. The van der Waals surface area contributed by atoms with E-state index in [2.05, 4.69) is 11.3 Å². The Morgan fingerprint density at radius 2 is 1.79 bits per heavy atom. The van der Waals surface area contributed by atoms with E-state index in [1.54, 1.807) is 0 Å². The summed E-state index contributed by atoms with van der Waals surface area (Å²) < 4.78 is 77.3. The van der Waals surface area contributed by atoms with Crippen LogP contribution in [0.15, 0.2) is 12.2 Å². The lowest BCUT2D eigenvalue weighted by Gasteiger charge is -2.22. The monoisotopic (exact) mass is 292 g/mol. The molecule has 1 unspecified atom stereocenters. The maximum absolute atomic E-state index is 12.8. The first-order chi connectivity index (χ1) is 8.52. The van der Waals surface area contributed by atoms with Gasteiger partial charge >= 0.3 is 18.1 Å². The predicted molar refractivity (Wildman–Crippen MR) is 55.5 cm³/mol. The van der Waals surface area contributed by atoms with Crippen LogP contribution in [0.1, 0.15) is 26.2 Å². The summed E-state index contributed by atoms with van der Waals surface area (Å²) in [5.74, 6) is -6.07. The van der Waals surface area contributed by atoms with E-state index in [1.165, 1.54) is 0 Å². The van der Waals surface area contributed by atoms with Crippen LogP contribution in [0.4, 0.5) is 26.3 Å². The number of carbonyl (C=O) groups is 1. The molecule has 8 heteroatoms. The zero-order chi connectivity index (χ0) is 15.3. The molecular formula is C11H14F6O2. The molecule has 0 radical (unpaired) electrons. The van der Waals surface area contributed by atoms with Gasteiger partial charge in [0.05, 0.1) is 0 Å². The molecule has 0 aliphatic heterocycles. The Kier molecular flexibility index (Phi) is 6.38. The van der Waals surface area contributed by atoms with E-state index in [1.807, 2.05) is 6.92 Å². The van der Waals surface area contributed by atoms with Crippen molar-refractivity contribution in [1.29, 1.82) is 0 Å². The Morgan fingerprint density at radius 1 is 1.26 bits per heavy atom. The first kappa shape index (κ1) is 17.8. The minimum atomic E-state index is -5.71. The SMILES string of the molecule is C=C(CCCC)C(=O)OCC(F)(F)C(F)C(F)(F)F. The van der Waals surface area contributed by atoms with Gasteiger partial charge in [-0.3, -0.25) is 0 Å². The molecular weight excluding hydrogens is 278 g/mol. The van der Waals surface area contributed by atoms with Gasteiger partial charge in [-0.05, 0) is 12.8 Å². The summed E-state index contributed by atoms with van der Waals surface area (Å²) >= 11 is 0. The van der Waals surface area contributed by atoms with Gasteiger partial charge in [-0.25, -0.2) is 9.18 Å². The van der Waals surface area contributed by atoms with Crippen molar-refractivity contribution in [3.8, 4) is 0 Å². The second kappa shape index (κ2) is 6.81. The summed E-state index contributed by atoms with van der Waals surface area (Å²) in [6.45, 7) is 3.09. The van der Waals surface area contributed by atoms with Gasteiger partial charge in [0.2, 0.25) is 0 Å². The third kappa shape index (κ3) is 5.98. The second-order valence-electron chi connectivity index (χ2n) is 3.95. The molecule has 0 bridgehead atoms. The lowest BCUT2D eigenvalue weighted by Crippen LogP contribution is -2.45. The van der Waals surface area contributed by atoms with Crippen molar-refractivity contribution in [2.75, 3.05) is 6.61 Å². The number of halogens is 6. The first-order valence-electron chi connectivity index (χ1n) is 5.46. The van der Waals surface area contributed by atoms with E-state index in [0.717, 1.165) is 0 Å². The van der Waals surface area contributed by atoms with Crippen LogP contribution in [0.25, 0.3) is 0 Å². The molecule has 112 valence electrons. The molecule has 0 amide bonds. The zero-order valence-electron chi connectivity index (χ0n) is 10.2. The number of unbranched alkanes of at least 4 members (excludes halogenated alkanes) is 1. The number of alkyl halides is 6. The van der Waals surface area contributed by atoms with Crippen molar-refractivity contribution in [2.45, 2.75) is 44.5 Å². The summed E-state index contributed by atoms with van der Waals surface area (Å²) in [6, 6.07) is 0. The third-order valence-electron chi connectivity index (χ3n) is 2.17. The summed E-state index contributed by atoms with van der Waals surface area (Å²) in [6.07, 6.45) is -8.65. The molecule has 0 saturated carbocycles. The topological polar surface area (TPSA) is 26.3 Å². The van der Waals surface area contributed by atoms with Gasteiger partial charge in [0.25, 0.3) is 6.17 Å². The van der Waals surface area contributed by atoms with Crippen molar-refractivity contribution < 1.29 is 35.9 Å². The average Bonchev–Trinajstić information content (AvgIpc) is 2.30. The number of esters is 1. The standard InChI is InChI=1S/C11H14F6O2/c1-3-4-5-7(2)8(18)19-6-10(13,14)9(12)11(15,16)17/h9H,2-6H2,1H3. The molecule has 1 atom stereocenters. The Hall–Kier alpha value is -1.21. The normalized spacial score (nSPS) is 14.1. The molecule has 19 heavy (non-hydrogen) atoms. The predicted octanol–water partition coefficient (Wildman–Crippen LogP) is 3.81. The lowest BCUT2D eigenvalue weighted by atomic mass is 10.1. The smallest absolute Gasteiger partial charge is 0.425 e. The molecule has 0 spiro atoms. The highest BCUT2D eigenvalue weighted by Gasteiger charge is 2.57. The van der Waals surface area contributed by atoms with Gasteiger partial charge in [0, 0.05) is 5.57 Å². The fraction of sp³-hybridized carbons (Fsp3) is 0.727. The van der Waals surface area contributed by atoms with Gasteiger partial charge in [-0.2, -0.15) is 22.0 Å². The van der Waals surface area contributed by atoms with E-state index in [9.17, 15) is 31.1 Å². The number of ether oxygens (including phenoxy) is 1. The van der Waals surface area contributed by atoms with Crippen LogP contribution >= 0.6 is 0 Å². The Bertz CT molecular complexity index is 324. The van der Waals surface area contributed by atoms with Crippen LogP contribution < -0.4 is 0 Å². The van der Waals surface area contributed by atoms with Crippen molar-refractivity contribution >= 4 is 5.97 Å². The zero-order valence-corrected chi connectivity index (χ0v) is 10.2. The first-order valence-corrected chi connectivity index (χ1v) is 5.46. The quantitative estimate of drug-likeness (QED) is 0.405. The van der Waals surface area contributed by atoms with E-state index in [-0.39, 0.29) is 12.0 Å². The number of hydrogen-bond donors (Lipinski definition) is 0. The fourth-order valence-electron chi connectivity index (χ4n) is 1.07. The third-order valence-corrected chi connectivity index (χ3v) is 2.17. The number of hydrogen-bond acceptors (Lipinski definition) is 2. The van der Waals surface area contributed by atoms with Gasteiger partial charge in [0.15, 0.2) is 6.61 Å². The van der Waals surface area contributed by atoms with E-state index < -0.39 is 30.8 Å². The average molecular weight is 292 g/mol. The van der Waals surface area contributed by atoms with Crippen LogP contribution in [0, 0.1) is 0 Å². The Morgan fingerprint density at radius 3 is 2.21 bits per heavy atom. The van der Waals surface area contributed by atoms with Crippen LogP contribution in [-0.4, -0.2) is 30.8 Å². The van der Waals surface area contributed by atoms with Gasteiger partial charge in [-0.1, -0.05) is 19.9 Å². The molecule has 0 aromatic carbocycles. The van der Waals surface area contributed by atoms with Gasteiger partial charge in [-0.15, -0.1) is 0 Å². The van der Waals surface area contributed by atoms with Crippen LogP contribution in [0.5, 0.6) is 0 Å². The molecule has 0 heterocycles. The van der Waals surface area contributed by atoms with Crippen molar-refractivity contribution in [2.24, 2.45) is 0 Å². The highest BCUT2D eigenvalue weighted by atomic mass is 19.4. The van der Waals surface area contributed by atoms with Gasteiger partial charge in [0.1, 0.15) is 0 Å². The minimum Gasteiger partial charge on any atom is -0.456 e. The number of rotatable bonds is 7. The maximum Gasteiger partial charge on any atom is 0.425 e. The summed E-state index contributed by atoms with van der Waals surface area (Å²) in [7, 11) is 0. The van der Waals surface area contributed by atoms with E-state index in [0.29, 0.717) is 12.8 Å². The lowest BCUT2D eigenvalue weighted by molar-refractivity contribution is -0.253. The molecule has 0 N–H and O–H groups in total. The molecule has 0 rings (SSSR count). The van der Waals surface area contributed by atoms with Crippen molar-refractivity contribution in [3.63, 3.8) is 0 Å². The summed E-state index contributed by atoms with van der Waals surface area (Å²) in [5, 5.41) is 0. The van der Waals surface area contributed by atoms with Crippen molar-refractivity contribution in [1.82, 2.24) is 0 Å². The fourth-order valence-corrected chi connectivity index (χ4v) is 1.07. The maximum atomic E-state index is 12.8. The molecule has 0 saturated heterocycles. The summed E-state index contributed by atoms with van der Waals surface area (Å²) in [5.41, 5.74) is -0.139. The minimum absolute atomic E-state index is 0.139. The molecule has 2 nitrogen and oxygen atoms in total. The molecule has 0 aliphatic rings. The van der Waals surface area contributed by atoms with E-state index >= 15 is 0 Å². The molecule has 0 aromatic rings. The van der Waals surface area contributed by atoms with Crippen LogP contribution in [-0.2, 0) is 9.53 Å². The van der Waals surface area contributed by atoms with Gasteiger partial charge < -0.3 is 4.74 Å². The Labute approximate surface area is 106 Å². The van der Waals surface area contributed by atoms with Crippen LogP contribution in [0.2, 0.25) is 0 Å². The Balaban J connectivity index is 4.39. The van der Waals surface area contributed by atoms with E-state index in [4.69, 9.17) is 0 Å². The van der Waals surface area contributed by atoms with Crippen LogP contribution in [0.3, 0.4) is 0 Å². The summed E-state index contributed by atoms with van der Waals surface area (Å²) in [4.78, 5) is 11.1. The van der Waals surface area contributed by atoms with Crippen molar-refractivity contribution in [3.05, 3.63) is 12.2 Å². The largest absolute Gasteiger partial charge is 0.456 e. The highest BCUT2D eigenvalue weighted by Crippen LogP contribution is 2.35. The molecule has 0 aromatic heterocycles. The molecule has 0 aliphatic carbocycles. The highest BCUT2D eigenvalue weighted by molar-refractivity contribution is 5.87.